The predicted octanol–water partition coefficient (Wildman–Crippen LogP) is 2.42. The first-order valence-corrected chi connectivity index (χ1v) is 8.79. The van der Waals surface area contributed by atoms with Crippen LogP contribution < -0.4 is 10.6 Å². The molecule has 1 aromatic heterocycles. The molecule has 1 aliphatic rings. The summed E-state index contributed by atoms with van der Waals surface area (Å²) in [5.74, 6) is -0.280. The van der Waals surface area contributed by atoms with E-state index in [2.05, 4.69) is 20.5 Å². The average molecular weight is 358 g/mol. The molecule has 2 N–H and O–H groups in total. The average Bonchev–Trinajstić information content (AvgIpc) is 2.68. The highest BCUT2D eigenvalue weighted by atomic mass is 19.1. The van der Waals surface area contributed by atoms with Gasteiger partial charge in [0.05, 0.1) is 24.5 Å². The molecule has 6 nitrogen and oxygen atoms in total. The number of hydrogen-bond donors (Lipinski definition) is 2. The van der Waals surface area contributed by atoms with E-state index in [1.54, 1.807) is 36.5 Å². The first-order chi connectivity index (χ1) is 12.7. The summed E-state index contributed by atoms with van der Waals surface area (Å²) in [5.41, 5.74) is 0.676. The van der Waals surface area contributed by atoms with E-state index in [9.17, 15) is 9.18 Å². The number of para-hydroxylation sites is 1. The minimum Gasteiger partial charge on any atom is -0.379 e. The molecule has 26 heavy (non-hydrogen) atoms. The van der Waals surface area contributed by atoms with Crippen LogP contribution in [0.4, 0.5) is 15.9 Å². The molecule has 0 bridgehead atoms. The highest BCUT2D eigenvalue weighted by Crippen LogP contribution is 2.20. The van der Waals surface area contributed by atoms with Crippen LogP contribution in [0.15, 0.2) is 42.6 Å². The van der Waals surface area contributed by atoms with Crippen LogP contribution >= 0.6 is 0 Å². The molecule has 138 valence electrons. The molecule has 1 aliphatic heterocycles. The lowest BCUT2D eigenvalue weighted by atomic mass is 10.2. The van der Waals surface area contributed by atoms with Gasteiger partial charge in [-0.3, -0.25) is 9.69 Å². The monoisotopic (exact) mass is 358 g/mol. The molecule has 1 saturated heterocycles. The number of rotatable bonds is 7. The van der Waals surface area contributed by atoms with Crippen molar-refractivity contribution in [3.8, 4) is 0 Å². The molecule has 1 fully saturated rings. The molecule has 0 spiro atoms. The molecular formula is C19H23FN4O2. The Kier molecular flexibility index (Phi) is 6.51. The van der Waals surface area contributed by atoms with Crippen LogP contribution in [0.3, 0.4) is 0 Å². The van der Waals surface area contributed by atoms with Gasteiger partial charge in [0.15, 0.2) is 0 Å². The maximum atomic E-state index is 13.8. The number of aromatic nitrogens is 1. The van der Waals surface area contributed by atoms with E-state index in [4.69, 9.17) is 4.74 Å². The number of amides is 1. The highest BCUT2D eigenvalue weighted by Gasteiger charge is 2.14. The fourth-order valence-electron chi connectivity index (χ4n) is 2.80. The molecule has 7 heteroatoms. The normalized spacial score (nSPS) is 14.8. The second kappa shape index (κ2) is 9.26. The Morgan fingerprint density at radius 1 is 1.19 bits per heavy atom. The number of morpholine rings is 1. The van der Waals surface area contributed by atoms with E-state index in [1.165, 1.54) is 6.07 Å². The number of pyridine rings is 1. The highest BCUT2D eigenvalue weighted by molar-refractivity contribution is 5.99. The Hall–Kier alpha value is -2.51. The predicted molar refractivity (Wildman–Crippen MR) is 98.1 cm³/mol. The summed E-state index contributed by atoms with van der Waals surface area (Å²) in [4.78, 5) is 19.0. The first kappa shape index (κ1) is 18.3. The third-order valence-electron chi connectivity index (χ3n) is 4.22. The van der Waals surface area contributed by atoms with Crippen molar-refractivity contribution in [3.63, 3.8) is 0 Å². The lowest BCUT2D eigenvalue weighted by Crippen LogP contribution is -2.38. The molecule has 1 amide bonds. The van der Waals surface area contributed by atoms with Gasteiger partial charge in [-0.2, -0.15) is 0 Å². The number of halogens is 1. The maximum absolute atomic E-state index is 13.8. The first-order valence-electron chi connectivity index (χ1n) is 8.79. The zero-order chi connectivity index (χ0) is 18.2. The Labute approximate surface area is 152 Å². The number of anilines is 2. The molecule has 0 unspecified atom stereocenters. The number of nitrogens with one attached hydrogen (secondary N) is 2. The Bertz CT molecular complexity index is 735. The minimum atomic E-state index is -0.393. The van der Waals surface area contributed by atoms with Gasteiger partial charge in [0, 0.05) is 25.8 Å². The molecule has 0 radical (unpaired) electrons. The van der Waals surface area contributed by atoms with E-state index in [0.717, 1.165) is 39.3 Å². The van der Waals surface area contributed by atoms with E-state index >= 15 is 0 Å². The van der Waals surface area contributed by atoms with Gasteiger partial charge in [-0.05, 0) is 37.2 Å². The fraction of sp³-hybridized carbons (Fsp3) is 0.368. The summed E-state index contributed by atoms with van der Waals surface area (Å²) in [6.45, 7) is 4.92. The van der Waals surface area contributed by atoms with Crippen molar-refractivity contribution in [1.29, 1.82) is 0 Å². The Balaban J connectivity index is 1.54. The Morgan fingerprint density at radius 2 is 2.00 bits per heavy atom. The number of ether oxygens (including phenoxy) is 1. The lowest BCUT2D eigenvalue weighted by Gasteiger charge is -2.26. The molecular weight excluding hydrogens is 335 g/mol. The second-order valence-electron chi connectivity index (χ2n) is 6.07. The van der Waals surface area contributed by atoms with Crippen molar-refractivity contribution in [1.82, 2.24) is 15.2 Å². The van der Waals surface area contributed by atoms with Gasteiger partial charge in [0.2, 0.25) is 0 Å². The van der Waals surface area contributed by atoms with Gasteiger partial charge in [0.1, 0.15) is 11.6 Å². The maximum Gasteiger partial charge on any atom is 0.255 e. The molecule has 0 atom stereocenters. The van der Waals surface area contributed by atoms with Crippen LogP contribution in [0.2, 0.25) is 0 Å². The largest absolute Gasteiger partial charge is 0.379 e. The quantitative estimate of drug-likeness (QED) is 0.744. The van der Waals surface area contributed by atoms with Crippen molar-refractivity contribution in [2.24, 2.45) is 0 Å². The number of nitrogens with zero attached hydrogens (tertiary/aromatic N) is 2. The minimum absolute atomic E-state index is 0.223. The molecule has 1 aromatic carbocycles. The number of benzene rings is 1. The van der Waals surface area contributed by atoms with Gasteiger partial charge < -0.3 is 15.4 Å². The van der Waals surface area contributed by atoms with Gasteiger partial charge in [-0.1, -0.05) is 12.1 Å². The summed E-state index contributed by atoms with van der Waals surface area (Å²) in [6, 6.07) is 9.66. The summed E-state index contributed by atoms with van der Waals surface area (Å²) < 4.78 is 19.1. The molecule has 2 aromatic rings. The molecule has 2 heterocycles. The summed E-state index contributed by atoms with van der Waals surface area (Å²) in [7, 11) is 0. The molecule has 0 aliphatic carbocycles. The summed E-state index contributed by atoms with van der Waals surface area (Å²) in [6.07, 6.45) is 2.43. The van der Waals surface area contributed by atoms with E-state index < -0.39 is 5.82 Å². The topological polar surface area (TPSA) is 66.5 Å². The standard InChI is InChI=1S/C19H23FN4O2/c20-16-6-1-2-7-17(16)23-18-15(5-3-8-21-18)19(25)22-9-4-10-24-11-13-26-14-12-24/h1-3,5-8H,4,9-14H2,(H,21,23)(H,22,25). The van der Waals surface area contributed by atoms with Crippen molar-refractivity contribution in [2.75, 3.05) is 44.7 Å². The van der Waals surface area contributed by atoms with Gasteiger partial charge in [-0.15, -0.1) is 0 Å². The van der Waals surface area contributed by atoms with E-state index in [1.807, 2.05) is 0 Å². The zero-order valence-corrected chi connectivity index (χ0v) is 14.6. The molecule has 0 saturated carbocycles. The third-order valence-corrected chi connectivity index (χ3v) is 4.22. The van der Waals surface area contributed by atoms with Crippen LogP contribution in [0.5, 0.6) is 0 Å². The van der Waals surface area contributed by atoms with Crippen molar-refractivity contribution in [3.05, 3.63) is 54.0 Å². The van der Waals surface area contributed by atoms with Gasteiger partial charge in [-0.25, -0.2) is 9.37 Å². The van der Waals surface area contributed by atoms with Gasteiger partial charge >= 0.3 is 0 Å². The van der Waals surface area contributed by atoms with Crippen molar-refractivity contribution in [2.45, 2.75) is 6.42 Å². The van der Waals surface area contributed by atoms with Crippen LogP contribution in [-0.4, -0.2) is 55.2 Å². The third kappa shape index (κ3) is 5.00. The second-order valence-corrected chi connectivity index (χ2v) is 6.07. The zero-order valence-electron chi connectivity index (χ0n) is 14.6. The number of carbonyl (C=O) groups is 1. The number of carbonyl (C=O) groups excluding carboxylic acids is 1. The van der Waals surface area contributed by atoms with Crippen LogP contribution in [0, 0.1) is 5.82 Å². The van der Waals surface area contributed by atoms with Crippen LogP contribution in [0.25, 0.3) is 0 Å². The summed E-state index contributed by atoms with van der Waals surface area (Å²) >= 11 is 0. The number of hydrogen-bond acceptors (Lipinski definition) is 5. The van der Waals surface area contributed by atoms with Gasteiger partial charge in [0.25, 0.3) is 5.91 Å². The fourth-order valence-corrected chi connectivity index (χ4v) is 2.80. The van der Waals surface area contributed by atoms with Crippen LogP contribution in [0.1, 0.15) is 16.8 Å². The SMILES string of the molecule is O=C(NCCCN1CCOCC1)c1cccnc1Nc1ccccc1F. The van der Waals surface area contributed by atoms with E-state index in [-0.39, 0.29) is 11.6 Å². The van der Waals surface area contributed by atoms with E-state index in [0.29, 0.717) is 17.9 Å². The smallest absolute Gasteiger partial charge is 0.255 e. The van der Waals surface area contributed by atoms with Crippen molar-refractivity contribution >= 4 is 17.4 Å². The molecule has 3 rings (SSSR count). The summed E-state index contributed by atoms with van der Waals surface area (Å²) in [5, 5.41) is 5.80. The lowest BCUT2D eigenvalue weighted by molar-refractivity contribution is 0.0374. The van der Waals surface area contributed by atoms with Crippen LogP contribution in [-0.2, 0) is 4.74 Å². The van der Waals surface area contributed by atoms with Crippen molar-refractivity contribution < 1.29 is 13.9 Å². The Morgan fingerprint density at radius 3 is 2.81 bits per heavy atom.